The molecule has 0 aromatic heterocycles. The molecule has 0 aliphatic rings. The number of halogens is 1. The monoisotopic (exact) mass is 426 g/mol. The molecule has 0 heterocycles. The van der Waals surface area contributed by atoms with Crippen LogP contribution in [0.1, 0.15) is 5.56 Å². The second-order valence-electron chi connectivity index (χ2n) is 6.39. The molecule has 0 aliphatic carbocycles. The van der Waals surface area contributed by atoms with E-state index in [-0.39, 0.29) is 12.5 Å². The minimum Gasteiger partial charge on any atom is -0.495 e. The molecule has 0 spiro atoms. The number of benzene rings is 3. The molecule has 0 saturated heterocycles. The Labute approximate surface area is 180 Å². The van der Waals surface area contributed by atoms with Crippen molar-refractivity contribution >= 4 is 28.9 Å². The van der Waals surface area contributed by atoms with Crippen LogP contribution in [0, 0.1) is 0 Å². The van der Waals surface area contributed by atoms with Gasteiger partial charge in [-0.1, -0.05) is 35.9 Å². The average molecular weight is 427 g/mol. The number of para-hydroxylation sites is 2. The predicted molar refractivity (Wildman–Crippen MR) is 119 cm³/mol. The fraction of sp³-hybridized carbons (Fsp3) is 0.174. The van der Waals surface area contributed by atoms with Crippen LogP contribution < -0.4 is 24.8 Å². The zero-order chi connectivity index (χ0) is 21.3. The Morgan fingerprint density at radius 2 is 1.70 bits per heavy atom. The van der Waals surface area contributed by atoms with Crippen LogP contribution in [0.3, 0.4) is 0 Å². The second-order valence-corrected chi connectivity index (χ2v) is 6.82. The highest BCUT2D eigenvalue weighted by atomic mass is 35.5. The van der Waals surface area contributed by atoms with Crippen LogP contribution in [0.15, 0.2) is 66.7 Å². The summed E-state index contributed by atoms with van der Waals surface area (Å²) in [5.41, 5.74) is 2.51. The number of carbonyl (C=O) groups excluding carboxylic acids is 1. The van der Waals surface area contributed by atoms with Gasteiger partial charge in [0.15, 0.2) is 18.1 Å². The normalized spacial score (nSPS) is 10.2. The van der Waals surface area contributed by atoms with Crippen molar-refractivity contribution in [3.63, 3.8) is 0 Å². The van der Waals surface area contributed by atoms with Gasteiger partial charge in [0, 0.05) is 17.3 Å². The highest BCUT2D eigenvalue weighted by molar-refractivity contribution is 6.30. The van der Waals surface area contributed by atoms with Crippen LogP contribution in [-0.4, -0.2) is 26.7 Å². The molecule has 0 aliphatic heterocycles. The number of methoxy groups -OCH3 is 2. The number of amides is 1. The lowest BCUT2D eigenvalue weighted by Crippen LogP contribution is -2.20. The van der Waals surface area contributed by atoms with Gasteiger partial charge in [0.05, 0.1) is 19.9 Å². The fourth-order valence-electron chi connectivity index (χ4n) is 2.82. The minimum atomic E-state index is -0.298. The maximum absolute atomic E-state index is 12.3. The summed E-state index contributed by atoms with van der Waals surface area (Å²) in [4.78, 5) is 12.3. The Bertz CT molecular complexity index is 1010. The highest BCUT2D eigenvalue weighted by Gasteiger charge is 2.11. The Hall–Kier alpha value is -3.38. The van der Waals surface area contributed by atoms with Crippen LogP contribution in [-0.2, 0) is 11.3 Å². The highest BCUT2D eigenvalue weighted by Crippen LogP contribution is 2.29. The van der Waals surface area contributed by atoms with E-state index in [1.165, 1.54) is 0 Å². The van der Waals surface area contributed by atoms with E-state index < -0.39 is 0 Å². The van der Waals surface area contributed by atoms with Crippen LogP contribution >= 0.6 is 11.6 Å². The summed E-state index contributed by atoms with van der Waals surface area (Å²) >= 11 is 6.01. The number of hydrogen-bond donors (Lipinski definition) is 2. The van der Waals surface area contributed by atoms with E-state index in [0.29, 0.717) is 34.5 Å². The van der Waals surface area contributed by atoms with E-state index in [4.69, 9.17) is 25.8 Å². The van der Waals surface area contributed by atoms with E-state index in [9.17, 15) is 4.79 Å². The molecular formula is C23H23ClN2O4. The van der Waals surface area contributed by atoms with Gasteiger partial charge in [0.2, 0.25) is 0 Å². The smallest absolute Gasteiger partial charge is 0.262 e. The Morgan fingerprint density at radius 3 is 2.47 bits per heavy atom. The van der Waals surface area contributed by atoms with Crippen molar-refractivity contribution in [3.05, 3.63) is 77.3 Å². The Balaban J connectivity index is 1.58. The second kappa shape index (κ2) is 10.4. The van der Waals surface area contributed by atoms with Crippen molar-refractivity contribution in [2.75, 3.05) is 31.5 Å². The summed E-state index contributed by atoms with van der Waals surface area (Å²) in [5.74, 6) is 1.32. The SMILES string of the molecule is COc1ccccc1NC(=O)COc1ccc(CNc2cccc(Cl)c2)cc1OC. The average Bonchev–Trinajstić information content (AvgIpc) is 2.77. The molecule has 0 bridgehead atoms. The molecule has 3 aromatic rings. The van der Waals surface area contributed by atoms with Crippen molar-refractivity contribution in [1.29, 1.82) is 0 Å². The van der Waals surface area contributed by atoms with Crippen molar-refractivity contribution in [1.82, 2.24) is 0 Å². The molecule has 1 amide bonds. The number of carbonyl (C=O) groups is 1. The van der Waals surface area contributed by atoms with Crippen LogP contribution in [0.5, 0.6) is 17.2 Å². The largest absolute Gasteiger partial charge is 0.495 e. The molecule has 7 heteroatoms. The first-order valence-corrected chi connectivity index (χ1v) is 9.69. The molecule has 30 heavy (non-hydrogen) atoms. The Kier molecular flexibility index (Phi) is 7.40. The van der Waals surface area contributed by atoms with Crippen molar-refractivity contribution in [3.8, 4) is 17.2 Å². The summed E-state index contributed by atoms with van der Waals surface area (Å²) in [7, 11) is 3.11. The zero-order valence-electron chi connectivity index (χ0n) is 16.8. The maximum Gasteiger partial charge on any atom is 0.262 e. The molecule has 6 nitrogen and oxygen atoms in total. The number of hydrogen-bond acceptors (Lipinski definition) is 5. The summed E-state index contributed by atoms with van der Waals surface area (Å²) in [5, 5.41) is 6.75. The third-order valence-corrected chi connectivity index (χ3v) is 4.52. The molecule has 0 saturated carbocycles. The molecule has 156 valence electrons. The lowest BCUT2D eigenvalue weighted by atomic mass is 10.2. The van der Waals surface area contributed by atoms with E-state index >= 15 is 0 Å². The van der Waals surface area contributed by atoms with E-state index in [1.807, 2.05) is 48.5 Å². The van der Waals surface area contributed by atoms with Crippen molar-refractivity contribution in [2.45, 2.75) is 6.54 Å². The van der Waals surface area contributed by atoms with Crippen LogP contribution in [0.25, 0.3) is 0 Å². The van der Waals surface area contributed by atoms with Gasteiger partial charge >= 0.3 is 0 Å². The summed E-state index contributed by atoms with van der Waals surface area (Å²) < 4.78 is 16.3. The van der Waals surface area contributed by atoms with E-state index in [1.54, 1.807) is 32.4 Å². The lowest BCUT2D eigenvalue weighted by molar-refractivity contribution is -0.118. The standard InChI is InChI=1S/C23H23ClN2O4/c1-28-20-9-4-3-8-19(20)26-23(27)15-30-21-11-10-16(12-22(21)29-2)14-25-18-7-5-6-17(24)13-18/h3-13,25H,14-15H2,1-2H3,(H,26,27). The molecule has 0 atom stereocenters. The molecule has 3 rings (SSSR count). The summed E-state index contributed by atoms with van der Waals surface area (Å²) in [6.07, 6.45) is 0. The number of anilines is 2. The third-order valence-electron chi connectivity index (χ3n) is 4.29. The first kappa shape index (κ1) is 21.3. The van der Waals surface area contributed by atoms with Gasteiger partial charge in [-0.2, -0.15) is 0 Å². The lowest BCUT2D eigenvalue weighted by Gasteiger charge is -2.14. The van der Waals surface area contributed by atoms with Crippen LogP contribution in [0.4, 0.5) is 11.4 Å². The van der Waals surface area contributed by atoms with Crippen molar-refractivity contribution < 1.29 is 19.0 Å². The summed E-state index contributed by atoms with van der Waals surface area (Å²) in [6, 6.07) is 20.3. The van der Waals surface area contributed by atoms with Gasteiger partial charge < -0.3 is 24.8 Å². The molecule has 3 aromatic carbocycles. The molecule has 0 unspecified atom stereocenters. The van der Waals surface area contributed by atoms with Gasteiger partial charge in [-0.15, -0.1) is 0 Å². The molecule has 0 fully saturated rings. The van der Waals surface area contributed by atoms with E-state index in [0.717, 1.165) is 11.3 Å². The predicted octanol–water partition coefficient (Wildman–Crippen LogP) is 4.99. The van der Waals surface area contributed by atoms with Crippen molar-refractivity contribution in [2.24, 2.45) is 0 Å². The zero-order valence-corrected chi connectivity index (χ0v) is 17.5. The van der Waals surface area contributed by atoms with Gasteiger partial charge in [0.25, 0.3) is 5.91 Å². The van der Waals surface area contributed by atoms with E-state index in [2.05, 4.69) is 10.6 Å². The quantitative estimate of drug-likeness (QED) is 0.504. The number of ether oxygens (including phenoxy) is 3. The fourth-order valence-corrected chi connectivity index (χ4v) is 3.01. The first-order chi connectivity index (χ1) is 14.6. The minimum absolute atomic E-state index is 0.158. The maximum atomic E-state index is 12.3. The number of rotatable bonds is 9. The van der Waals surface area contributed by atoms with Gasteiger partial charge in [-0.05, 0) is 48.0 Å². The Morgan fingerprint density at radius 1 is 0.900 bits per heavy atom. The third kappa shape index (κ3) is 5.81. The molecule has 2 N–H and O–H groups in total. The van der Waals surface area contributed by atoms with Crippen LogP contribution in [0.2, 0.25) is 5.02 Å². The molecule has 0 radical (unpaired) electrons. The van der Waals surface area contributed by atoms with Gasteiger partial charge in [0.1, 0.15) is 5.75 Å². The number of nitrogens with one attached hydrogen (secondary N) is 2. The van der Waals surface area contributed by atoms with Gasteiger partial charge in [-0.25, -0.2) is 0 Å². The van der Waals surface area contributed by atoms with Gasteiger partial charge in [-0.3, -0.25) is 4.79 Å². The summed E-state index contributed by atoms with van der Waals surface area (Å²) in [6.45, 7) is 0.430. The topological polar surface area (TPSA) is 68.8 Å². The molecular weight excluding hydrogens is 404 g/mol. The first-order valence-electron chi connectivity index (χ1n) is 9.31.